The van der Waals surface area contributed by atoms with Gasteiger partial charge in [0.2, 0.25) is 5.91 Å². The maximum Gasteiger partial charge on any atom is 0.227 e. The number of carbonyl (C=O) groups is 1. The number of halogens is 3. The van der Waals surface area contributed by atoms with Gasteiger partial charge in [-0.2, -0.15) is 0 Å². The van der Waals surface area contributed by atoms with Gasteiger partial charge in [-0.25, -0.2) is 8.78 Å². The Morgan fingerprint density at radius 1 is 1.47 bits per heavy atom. The minimum atomic E-state index is -1.01. The summed E-state index contributed by atoms with van der Waals surface area (Å²) < 4.78 is 26.6. The van der Waals surface area contributed by atoms with Crippen LogP contribution in [0.2, 0.25) is 0 Å². The molecule has 5 nitrogen and oxygen atoms in total. The Bertz CT molecular complexity index is 574. The molecule has 1 atom stereocenters. The molecule has 1 aromatic carbocycles. The van der Waals surface area contributed by atoms with Crippen molar-refractivity contribution >= 4 is 27.5 Å². The van der Waals surface area contributed by atoms with Crippen LogP contribution in [0.4, 0.5) is 14.5 Å². The number of azide groups is 1. The van der Waals surface area contributed by atoms with Crippen LogP contribution in [-0.4, -0.2) is 19.0 Å². The zero-order chi connectivity index (χ0) is 14.0. The maximum atomic E-state index is 13.2. The maximum absolute atomic E-state index is 13.2. The first-order chi connectivity index (χ1) is 9.02. The largest absolute Gasteiger partial charge is 0.311 e. The third-order valence-electron chi connectivity index (χ3n) is 2.89. The van der Waals surface area contributed by atoms with E-state index in [1.165, 1.54) is 4.90 Å². The molecule has 0 spiro atoms. The zero-order valence-electron chi connectivity index (χ0n) is 9.68. The van der Waals surface area contributed by atoms with Crippen LogP contribution in [0.5, 0.6) is 0 Å². The van der Waals surface area contributed by atoms with Crippen molar-refractivity contribution in [3.63, 3.8) is 0 Å². The molecule has 1 aliphatic rings. The number of hydrogen-bond acceptors (Lipinski definition) is 2. The quantitative estimate of drug-likeness (QED) is 0.362. The van der Waals surface area contributed by atoms with Gasteiger partial charge in [0.25, 0.3) is 0 Å². The molecule has 0 aromatic heterocycles. The summed E-state index contributed by atoms with van der Waals surface area (Å²) in [6.45, 7) is 0.529. The van der Waals surface area contributed by atoms with Crippen LogP contribution in [0, 0.1) is 17.6 Å². The van der Waals surface area contributed by atoms with Crippen molar-refractivity contribution in [2.45, 2.75) is 6.42 Å². The molecule has 100 valence electrons. The summed E-state index contributed by atoms with van der Waals surface area (Å²) in [4.78, 5) is 15.9. The van der Waals surface area contributed by atoms with Gasteiger partial charge in [-0.1, -0.05) is 5.11 Å². The van der Waals surface area contributed by atoms with E-state index in [1.807, 2.05) is 0 Å². The number of amides is 1. The van der Waals surface area contributed by atoms with E-state index in [2.05, 4.69) is 26.0 Å². The molecule has 8 heteroatoms. The minimum Gasteiger partial charge on any atom is -0.311 e. The summed E-state index contributed by atoms with van der Waals surface area (Å²) in [5.41, 5.74) is 8.53. The Kier molecular flexibility index (Phi) is 4.01. The van der Waals surface area contributed by atoms with Crippen LogP contribution in [-0.2, 0) is 4.79 Å². The van der Waals surface area contributed by atoms with Crippen molar-refractivity contribution in [2.75, 3.05) is 18.0 Å². The predicted octanol–water partition coefficient (Wildman–Crippen LogP) is 3.39. The fourth-order valence-electron chi connectivity index (χ4n) is 2.01. The lowest BCUT2D eigenvalue weighted by Crippen LogP contribution is -2.25. The highest BCUT2D eigenvalue weighted by atomic mass is 79.9. The first-order valence-electron chi connectivity index (χ1n) is 5.48. The molecule has 0 bridgehead atoms. The van der Waals surface area contributed by atoms with Gasteiger partial charge in [-0.15, -0.1) is 0 Å². The van der Waals surface area contributed by atoms with Crippen molar-refractivity contribution in [1.82, 2.24) is 0 Å². The standard InChI is InChI=1S/C11H9BrF2N4O/c12-7-2-8(13)9(14)3-10(7)18-5-6(1-11(18)19)4-16-17-15/h2-3,6H,1,4-5H2. The molecule has 0 saturated carbocycles. The van der Waals surface area contributed by atoms with Gasteiger partial charge in [-0.05, 0) is 33.4 Å². The van der Waals surface area contributed by atoms with Crippen LogP contribution in [0.25, 0.3) is 10.4 Å². The molecule has 1 unspecified atom stereocenters. The molecule has 1 saturated heterocycles. The fourth-order valence-corrected chi connectivity index (χ4v) is 2.54. The molecule has 0 N–H and O–H groups in total. The van der Waals surface area contributed by atoms with Crippen LogP contribution >= 0.6 is 15.9 Å². The second-order valence-corrected chi connectivity index (χ2v) is 5.06. The molecule has 1 heterocycles. The second kappa shape index (κ2) is 5.54. The van der Waals surface area contributed by atoms with Gasteiger partial charge in [0.15, 0.2) is 11.6 Å². The Balaban J connectivity index is 2.25. The van der Waals surface area contributed by atoms with Crippen LogP contribution < -0.4 is 4.90 Å². The van der Waals surface area contributed by atoms with E-state index in [1.54, 1.807) is 0 Å². The fraction of sp³-hybridized carbons (Fsp3) is 0.364. The summed E-state index contributed by atoms with van der Waals surface area (Å²) in [5, 5.41) is 3.43. The molecule has 1 fully saturated rings. The highest BCUT2D eigenvalue weighted by Crippen LogP contribution is 2.33. The first-order valence-corrected chi connectivity index (χ1v) is 6.28. The highest BCUT2D eigenvalue weighted by molar-refractivity contribution is 9.10. The smallest absolute Gasteiger partial charge is 0.227 e. The van der Waals surface area contributed by atoms with Crippen LogP contribution in [0.15, 0.2) is 21.7 Å². The van der Waals surface area contributed by atoms with E-state index in [4.69, 9.17) is 5.53 Å². The third kappa shape index (κ3) is 2.85. The molecular formula is C11H9BrF2N4O. The number of nitrogens with zero attached hydrogens (tertiary/aromatic N) is 4. The lowest BCUT2D eigenvalue weighted by molar-refractivity contribution is -0.117. The molecule has 19 heavy (non-hydrogen) atoms. The lowest BCUT2D eigenvalue weighted by atomic mass is 10.1. The Hall–Kier alpha value is -1.66. The first kappa shape index (κ1) is 13.8. The van der Waals surface area contributed by atoms with Crippen LogP contribution in [0.3, 0.4) is 0 Å². The molecule has 1 amide bonds. The topological polar surface area (TPSA) is 69.1 Å². The van der Waals surface area contributed by atoms with E-state index in [-0.39, 0.29) is 30.5 Å². The van der Waals surface area contributed by atoms with Gasteiger partial charge in [-0.3, -0.25) is 4.79 Å². The van der Waals surface area contributed by atoms with Gasteiger partial charge < -0.3 is 4.90 Å². The summed E-state index contributed by atoms with van der Waals surface area (Å²) in [6.07, 6.45) is 0.227. The number of carbonyl (C=O) groups excluding carboxylic acids is 1. The van der Waals surface area contributed by atoms with Gasteiger partial charge >= 0.3 is 0 Å². The van der Waals surface area contributed by atoms with Gasteiger partial charge in [0.05, 0.1) is 5.69 Å². The van der Waals surface area contributed by atoms with E-state index >= 15 is 0 Å². The molecule has 0 aliphatic carbocycles. The minimum absolute atomic E-state index is 0.108. The highest BCUT2D eigenvalue weighted by Gasteiger charge is 2.31. The normalized spacial score (nSPS) is 18.6. The van der Waals surface area contributed by atoms with Gasteiger partial charge in [0, 0.05) is 35.0 Å². The summed E-state index contributed by atoms with van der Waals surface area (Å²) in [7, 11) is 0. The van der Waals surface area contributed by atoms with E-state index in [9.17, 15) is 13.6 Å². The van der Waals surface area contributed by atoms with Crippen molar-refractivity contribution in [1.29, 1.82) is 0 Å². The Morgan fingerprint density at radius 3 is 2.84 bits per heavy atom. The predicted molar refractivity (Wildman–Crippen MR) is 68.5 cm³/mol. The number of rotatable bonds is 3. The zero-order valence-corrected chi connectivity index (χ0v) is 11.3. The van der Waals surface area contributed by atoms with E-state index in [0.717, 1.165) is 12.1 Å². The summed E-state index contributed by atoms with van der Waals surface area (Å²) in [6, 6.07) is 1.96. The average molecular weight is 331 g/mol. The second-order valence-electron chi connectivity index (χ2n) is 4.21. The molecule has 2 rings (SSSR count). The number of anilines is 1. The number of hydrogen-bond donors (Lipinski definition) is 0. The average Bonchev–Trinajstić information content (AvgIpc) is 2.72. The van der Waals surface area contributed by atoms with Crippen molar-refractivity contribution < 1.29 is 13.6 Å². The molecule has 1 aromatic rings. The van der Waals surface area contributed by atoms with E-state index in [0.29, 0.717) is 11.0 Å². The third-order valence-corrected chi connectivity index (χ3v) is 3.52. The summed E-state index contributed by atoms with van der Waals surface area (Å²) in [5.74, 6) is -2.30. The monoisotopic (exact) mass is 330 g/mol. The van der Waals surface area contributed by atoms with E-state index < -0.39 is 11.6 Å². The van der Waals surface area contributed by atoms with Crippen LogP contribution in [0.1, 0.15) is 6.42 Å². The molecule has 0 radical (unpaired) electrons. The molecule has 1 aliphatic heterocycles. The van der Waals surface area contributed by atoms with Crippen molar-refractivity contribution in [2.24, 2.45) is 11.0 Å². The summed E-state index contributed by atoms with van der Waals surface area (Å²) >= 11 is 3.11. The van der Waals surface area contributed by atoms with Crippen molar-refractivity contribution in [3.8, 4) is 0 Å². The Morgan fingerprint density at radius 2 is 2.16 bits per heavy atom. The number of benzene rings is 1. The van der Waals surface area contributed by atoms with Crippen molar-refractivity contribution in [3.05, 3.63) is 38.7 Å². The molecular weight excluding hydrogens is 322 g/mol. The SMILES string of the molecule is [N-]=[N+]=NCC1CC(=O)N(c2cc(F)c(F)cc2Br)C1. The lowest BCUT2D eigenvalue weighted by Gasteiger charge is -2.18. The van der Waals surface area contributed by atoms with Gasteiger partial charge in [0.1, 0.15) is 0 Å². The Labute approximate surface area is 116 Å².